The van der Waals surface area contributed by atoms with E-state index in [1.54, 1.807) is 18.3 Å². The molecular formula is C14H15Cl2N3. The number of pyridine rings is 1. The van der Waals surface area contributed by atoms with Crippen molar-refractivity contribution in [1.82, 2.24) is 4.98 Å². The lowest BCUT2D eigenvalue weighted by Gasteiger charge is -2.21. The van der Waals surface area contributed by atoms with E-state index in [4.69, 9.17) is 28.9 Å². The third kappa shape index (κ3) is 3.52. The minimum absolute atomic E-state index is 0.473. The van der Waals surface area contributed by atoms with Gasteiger partial charge in [0.1, 0.15) is 0 Å². The highest BCUT2D eigenvalue weighted by Gasteiger charge is 2.09. The van der Waals surface area contributed by atoms with E-state index in [0.29, 0.717) is 15.7 Å². The fourth-order valence-corrected chi connectivity index (χ4v) is 2.16. The number of aromatic nitrogens is 1. The first-order valence-electron chi connectivity index (χ1n) is 5.93. The summed E-state index contributed by atoms with van der Waals surface area (Å²) in [5.74, 6) is 0. The van der Waals surface area contributed by atoms with Crippen molar-refractivity contribution in [2.45, 2.75) is 6.42 Å². The largest absolute Gasteiger partial charge is 0.397 e. The molecule has 1 aromatic carbocycles. The summed E-state index contributed by atoms with van der Waals surface area (Å²) in [7, 11) is 1.97. The normalized spacial score (nSPS) is 10.5. The summed E-state index contributed by atoms with van der Waals surface area (Å²) in [4.78, 5) is 6.34. The SMILES string of the molecule is CN(CCc1ccccn1)c1cc(Cl)c(Cl)cc1N. The molecule has 0 saturated heterocycles. The van der Waals surface area contributed by atoms with Gasteiger partial charge < -0.3 is 10.6 Å². The lowest BCUT2D eigenvalue weighted by molar-refractivity contribution is 0.853. The van der Waals surface area contributed by atoms with Crippen LogP contribution < -0.4 is 10.6 Å². The van der Waals surface area contributed by atoms with Gasteiger partial charge in [0.05, 0.1) is 21.4 Å². The summed E-state index contributed by atoms with van der Waals surface area (Å²) in [6, 6.07) is 9.36. The third-order valence-corrected chi connectivity index (χ3v) is 3.63. The Kier molecular flexibility index (Phi) is 4.51. The first kappa shape index (κ1) is 14.0. The molecule has 0 radical (unpaired) electrons. The molecule has 0 atom stereocenters. The van der Waals surface area contributed by atoms with Crippen LogP contribution in [0.25, 0.3) is 0 Å². The highest BCUT2D eigenvalue weighted by molar-refractivity contribution is 6.42. The van der Waals surface area contributed by atoms with Crippen molar-refractivity contribution in [1.29, 1.82) is 0 Å². The maximum atomic E-state index is 6.02. The fourth-order valence-electron chi connectivity index (χ4n) is 1.83. The Morgan fingerprint density at radius 2 is 1.95 bits per heavy atom. The van der Waals surface area contributed by atoms with Gasteiger partial charge in [-0.25, -0.2) is 0 Å². The second kappa shape index (κ2) is 6.13. The van der Waals surface area contributed by atoms with Gasteiger partial charge in [-0.2, -0.15) is 0 Å². The summed E-state index contributed by atoms with van der Waals surface area (Å²) in [5.41, 5.74) is 8.51. The molecule has 100 valence electrons. The van der Waals surface area contributed by atoms with Crippen LogP contribution in [0.1, 0.15) is 5.69 Å². The van der Waals surface area contributed by atoms with E-state index in [1.807, 2.05) is 30.1 Å². The monoisotopic (exact) mass is 295 g/mol. The summed E-state index contributed by atoms with van der Waals surface area (Å²) < 4.78 is 0. The van der Waals surface area contributed by atoms with Crippen LogP contribution in [0, 0.1) is 0 Å². The standard InChI is InChI=1S/C14H15Cl2N3/c1-19(7-5-10-4-2-3-6-18-10)14-9-12(16)11(15)8-13(14)17/h2-4,6,8-9H,5,7,17H2,1H3. The topological polar surface area (TPSA) is 42.2 Å². The Labute approximate surface area is 123 Å². The predicted octanol–water partition coefficient (Wildman–Crippen LogP) is 3.65. The van der Waals surface area contributed by atoms with E-state index in [-0.39, 0.29) is 0 Å². The van der Waals surface area contributed by atoms with Crippen LogP contribution >= 0.6 is 23.2 Å². The number of hydrogen-bond acceptors (Lipinski definition) is 3. The van der Waals surface area contributed by atoms with Gasteiger partial charge in [0.15, 0.2) is 0 Å². The van der Waals surface area contributed by atoms with Crippen molar-refractivity contribution in [3.05, 3.63) is 52.3 Å². The maximum absolute atomic E-state index is 6.02. The van der Waals surface area contributed by atoms with Crippen molar-refractivity contribution >= 4 is 34.6 Å². The molecule has 1 heterocycles. The number of anilines is 2. The Bertz CT molecular complexity index is 558. The zero-order chi connectivity index (χ0) is 13.8. The van der Waals surface area contributed by atoms with Gasteiger partial charge >= 0.3 is 0 Å². The number of nitrogen functional groups attached to an aromatic ring is 1. The highest BCUT2D eigenvalue weighted by atomic mass is 35.5. The van der Waals surface area contributed by atoms with Crippen molar-refractivity contribution in [3.63, 3.8) is 0 Å². The van der Waals surface area contributed by atoms with Crippen LogP contribution in [0.4, 0.5) is 11.4 Å². The molecule has 0 spiro atoms. The van der Waals surface area contributed by atoms with Crippen LogP contribution in [0.5, 0.6) is 0 Å². The molecule has 0 saturated carbocycles. The molecule has 2 N–H and O–H groups in total. The van der Waals surface area contributed by atoms with Crippen molar-refractivity contribution in [2.24, 2.45) is 0 Å². The molecule has 1 aromatic heterocycles. The lowest BCUT2D eigenvalue weighted by atomic mass is 10.2. The predicted molar refractivity (Wildman–Crippen MR) is 82.1 cm³/mol. The molecule has 0 aliphatic rings. The number of hydrogen-bond donors (Lipinski definition) is 1. The first-order chi connectivity index (χ1) is 9.08. The first-order valence-corrected chi connectivity index (χ1v) is 6.69. The molecule has 0 fully saturated rings. The van der Waals surface area contributed by atoms with Crippen molar-refractivity contribution in [3.8, 4) is 0 Å². The zero-order valence-electron chi connectivity index (χ0n) is 10.6. The van der Waals surface area contributed by atoms with Gasteiger partial charge in [-0.1, -0.05) is 29.3 Å². The third-order valence-electron chi connectivity index (χ3n) is 2.91. The van der Waals surface area contributed by atoms with Gasteiger partial charge in [0.25, 0.3) is 0 Å². The van der Waals surface area contributed by atoms with Gasteiger partial charge in [0.2, 0.25) is 0 Å². The van der Waals surface area contributed by atoms with E-state index in [9.17, 15) is 0 Å². The molecule has 0 aliphatic carbocycles. The van der Waals surface area contributed by atoms with Crippen LogP contribution in [0.2, 0.25) is 10.0 Å². The summed E-state index contributed by atoms with van der Waals surface area (Å²) in [5, 5.41) is 0.983. The Hall–Kier alpha value is -1.45. The van der Waals surface area contributed by atoms with Crippen molar-refractivity contribution < 1.29 is 0 Å². The molecule has 5 heteroatoms. The van der Waals surface area contributed by atoms with Gasteiger partial charge in [-0.05, 0) is 24.3 Å². The van der Waals surface area contributed by atoms with E-state index in [0.717, 1.165) is 24.3 Å². The maximum Gasteiger partial charge on any atom is 0.0614 e. The number of benzene rings is 1. The fraction of sp³-hybridized carbons (Fsp3) is 0.214. The van der Waals surface area contributed by atoms with Gasteiger partial charge in [-0.3, -0.25) is 4.98 Å². The smallest absolute Gasteiger partial charge is 0.0614 e. The van der Waals surface area contributed by atoms with E-state index >= 15 is 0 Å². The molecule has 3 nitrogen and oxygen atoms in total. The quantitative estimate of drug-likeness (QED) is 0.876. The van der Waals surface area contributed by atoms with E-state index in [2.05, 4.69) is 4.98 Å². The molecule has 2 aromatic rings. The number of halogens is 2. The second-order valence-corrected chi connectivity index (χ2v) is 5.13. The summed E-state index contributed by atoms with van der Waals surface area (Å²) >= 11 is 11.9. The molecule has 0 amide bonds. The second-order valence-electron chi connectivity index (χ2n) is 4.32. The average molecular weight is 296 g/mol. The Morgan fingerprint density at radius 1 is 1.21 bits per heavy atom. The molecule has 0 unspecified atom stereocenters. The molecular weight excluding hydrogens is 281 g/mol. The van der Waals surface area contributed by atoms with Crippen LogP contribution in [-0.4, -0.2) is 18.6 Å². The summed E-state index contributed by atoms with van der Waals surface area (Å²) in [6.45, 7) is 0.805. The summed E-state index contributed by atoms with van der Waals surface area (Å²) in [6.07, 6.45) is 2.64. The zero-order valence-corrected chi connectivity index (χ0v) is 12.1. The van der Waals surface area contributed by atoms with Crippen LogP contribution in [-0.2, 0) is 6.42 Å². The van der Waals surface area contributed by atoms with Crippen LogP contribution in [0.3, 0.4) is 0 Å². The minimum atomic E-state index is 0.473. The number of rotatable bonds is 4. The van der Waals surface area contributed by atoms with E-state index in [1.165, 1.54) is 0 Å². The highest BCUT2D eigenvalue weighted by Crippen LogP contribution is 2.32. The van der Waals surface area contributed by atoms with Crippen molar-refractivity contribution in [2.75, 3.05) is 24.2 Å². The Balaban J connectivity index is 2.08. The number of nitrogens with zero attached hydrogens (tertiary/aromatic N) is 2. The lowest BCUT2D eigenvalue weighted by Crippen LogP contribution is -2.21. The minimum Gasteiger partial charge on any atom is -0.397 e. The number of likely N-dealkylation sites (N-methyl/N-ethyl adjacent to an activating group) is 1. The van der Waals surface area contributed by atoms with E-state index < -0.39 is 0 Å². The van der Waals surface area contributed by atoms with Gasteiger partial charge in [0, 0.05) is 31.9 Å². The molecule has 0 bridgehead atoms. The number of nitrogens with two attached hydrogens (primary N) is 1. The molecule has 2 rings (SSSR count). The molecule has 19 heavy (non-hydrogen) atoms. The molecule has 0 aliphatic heterocycles. The van der Waals surface area contributed by atoms with Gasteiger partial charge in [-0.15, -0.1) is 0 Å². The Morgan fingerprint density at radius 3 is 2.63 bits per heavy atom. The van der Waals surface area contributed by atoms with Crippen LogP contribution in [0.15, 0.2) is 36.5 Å². The average Bonchev–Trinajstić information content (AvgIpc) is 2.41.